The van der Waals surface area contributed by atoms with Crippen LogP contribution in [-0.4, -0.2) is 97.9 Å². The Morgan fingerprint density at radius 2 is 1.81 bits per heavy atom. The van der Waals surface area contributed by atoms with Crippen LogP contribution in [0.3, 0.4) is 0 Å². The molecule has 0 saturated carbocycles. The molecule has 2 atom stereocenters. The molecule has 5 amide bonds. The van der Waals surface area contributed by atoms with Gasteiger partial charge in [0.25, 0.3) is 11.8 Å². The van der Waals surface area contributed by atoms with Gasteiger partial charge >= 0.3 is 0 Å². The number of methoxy groups -OCH3 is 1. The number of fused-ring (bicyclic) bond motifs is 1. The number of hydrogen-bond donors (Lipinski definition) is 4. The molecule has 4 N–H and O–H groups in total. The number of likely N-dealkylation sites (N-methyl/N-ethyl adjacent to an activating group) is 1. The lowest BCUT2D eigenvalue weighted by Crippen LogP contribution is -2.54. The minimum absolute atomic E-state index is 0.0380. The number of rotatable bonds is 16. The van der Waals surface area contributed by atoms with Crippen molar-refractivity contribution in [1.82, 2.24) is 25.1 Å². The van der Waals surface area contributed by atoms with Crippen molar-refractivity contribution in [3.8, 4) is 5.75 Å². The number of nitrogens with zero attached hydrogens (tertiary/aromatic N) is 4. The van der Waals surface area contributed by atoms with Gasteiger partial charge in [0.2, 0.25) is 23.7 Å². The third kappa shape index (κ3) is 9.18. The molecule has 6 rings (SSSR count). The third-order valence-corrected chi connectivity index (χ3v) is 13.3. The van der Waals surface area contributed by atoms with Crippen molar-refractivity contribution < 1.29 is 32.9 Å². The Labute approximate surface area is 348 Å². The van der Waals surface area contributed by atoms with Gasteiger partial charge in [-0.05, 0) is 79.6 Å². The number of nitrogens with one attached hydrogen (secondary N) is 4. The van der Waals surface area contributed by atoms with Crippen LogP contribution >= 0.6 is 11.6 Å². The Morgan fingerprint density at radius 1 is 1.07 bits per heavy atom. The number of aryl methyl sites for hydroxylation is 1. The number of carbonyl (C=O) groups is 5. The molecule has 17 heteroatoms. The van der Waals surface area contributed by atoms with E-state index in [4.69, 9.17) is 16.3 Å². The first kappa shape index (κ1) is 42.6. The smallest absolute Gasteiger partial charge is 0.264 e. The Kier molecular flexibility index (Phi) is 12.9. The number of para-hydroxylation sites is 1. The van der Waals surface area contributed by atoms with Crippen LogP contribution < -0.4 is 26.0 Å². The van der Waals surface area contributed by atoms with Crippen LogP contribution in [0, 0.1) is 6.92 Å². The Morgan fingerprint density at radius 3 is 2.54 bits per heavy atom. The van der Waals surface area contributed by atoms with Crippen LogP contribution in [0.2, 0.25) is 5.02 Å². The van der Waals surface area contributed by atoms with Crippen LogP contribution in [0.1, 0.15) is 71.4 Å². The van der Waals surface area contributed by atoms with E-state index in [0.717, 1.165) is 16.0 Å². The number of piperidine rings is 1. The van der Waals surface area contributed by atoms with E-state index in [9.17, 15) is 28.2 Å². The summed E-state index contributed by atoms with van der Waals surface area (Å²) >= 11 is 6.49. The zero-order valence-corrected chi connectivity index (χ0v) is 35.1. The second kappa shape index (κ2) is 17.9. The zero-order chi connectivity index (χ0) is 42.6. The fourth-order valence-electron chi connectivity index (χ4n) is 6.88. The van der Waals surface area contributed by atoms with Crippen molar-refractivity contribution in [3.05, 3.63) is 88.1 Å². The summed E-state index contributed by atoms with van der Waals surface area (Å²) in [5, 5.41) is 11.9. The molecule has 15 nitrogen and oxygen atoms in total. The molecule has 3 aromatic carbocycles. The lowest BCUT2D eigenvalue weighted by molar-refractivity contribution is -0.136. The number of ether oxygens (including phenoxy) is 1. The van der Waals surface area contributed by atoms with Crippen molar-refractivity contribution in [1.29, 1.82) is 0 Å². The molecule has 2 aliphatic heterocycles. The molecule has 0 radical (unpaired) electrons. The van der Waals surface area contributed by atoms with Gasteiger partial charge in [-0.1, -0.05) is 43.6 Å². The van der Waals surface area contributed by atoms with Gasteiger partial charge in [0.1, 0.15) is 16.8 Å². The van der Waals surface area contributed by atoms with Gasteiger partial charge in [-0.2, -0.15) is 4.98 Å². The molecule has 0 spiro atoms. The van der Waals surface area contributed by atoms with Crippen LogP contribution in [0.5, 0.6) is 5.75 Å². The van der Waals surface area contributed by atoms with Gasteiger partial charge in [0.15, 0.2) is 5.82 Å². The third-order valence-electron chi connectivity index (χ3n) is 10.4. The van der Waals surface area contributed by atoms with Crippen LogP contribution in [0.25, 0.3) is 0 Å². The number of carbonyl (C=O) groups excluding carboxylic acids is 5. The highest BCUT2D eigenvalue weighted by atomic mass is 35.5. The van der Waals surface area contributed by atoms with Gasteiger partial charge in [-0.25, -0.2) is 4.98 Å². The molecule has 2 unspecified atom stereocenters. The normalized spacial score (nSPS) is 16.1. The maximum Gasteiger partial charge on any atom is 0.264 e. The fourth-order valence-corrected chi connectivity index (χ4v) is 8.33. The monoisotopic (exact) mass is 842 g/mol. The molecule has 1 aromatic heterocycles. The van der Waals surface area contributed by atoms with Crippen LogP contribution in [0.4, 0.5) is 28.8 Å². The average Bonchev–Trinajstić information content (AvgIpc) is 3.46. The first-order valence-corrected chi connectivity index (χ1v) is 21.3. The maximum absolute atomic E-state index is 13.4. The first-order chi connectivity index (χ1) is 28.1. The van der Waals surface area contributed by atoms with Gasteiger partial charge in [0.05, 0.1) is 40.7 Å². The lowest BCUT2D eigenvalue weighted by Gasteiger charge is -2.27. The van der Waals surface area contributed by atoms with E-state index in [1.54, 1.807) is 43.3 Å². The highest BCUT2D eigenvalue weighted by Crippen LogP contribution is 2.35. The second-order valence-electron chi connectivity index (χ2n) is 14.7. The van der Waals surface area contributed by atoms with E-state index in [0.29, 0.717) is 59.5 Å². The van der Waals surface area contributed by atoms with E-state index in [2.05, 4.69) is 37.1 Å². The molecule has 4 aromatic rings. The highest BCUT2D eigenvalue weighted by Gasteiger charge is 2.45. The standard InChI is InChI=1S/C42H47ClN8O7S/c1-24(2)59(6,57)34-14-8-7-12-29(34)46-38-28(43)23-45-42(49-38)47-31-21-25(3)26(22-33(31)58-5)18-20-50(4)36(53)15-10-19-44-30-13-9-11-27-37(30)41(56)51(40(27)55)32-16-17-35(52)48-39(32)54/h7-9,11-14,21-24,32,44H,6,10,15-20H2,1-5H3,(H,48,52,54)(H2,45,46,47,49). The number of imide groups is 2. The van der Waals surface area contributed by atoms with E-state index >= 15 is 0 Å². The van der Waals surface area contributed by atoms with Crippen molar-refractivity contribution in [2.75, 3.05) is 43.2 Å². The fraction of sp³-hybridized carbons (Fsp3) is 0.333. The molecule has 0 bridgehead atoms. The summed E-state index contributed by atoms with van der Waals surface area (Å²) in [4.78, 5) is 75.8. The molecule has 1 saturated heterocycles. The van der Waals surface area contributed by atoms with E-state index < -0.39 is 39.2 Å². The quantitative estimate of drug-likeness (QED) is 0.0611. The number of anilines is 5. The first-order valence-electron chi connectivity index (χ1n) is 19.1. The Balaban J connectivity index is 1.03. The molecular formula is C42H47ClN8O7S. The number of benzene rings is 3. The minimum Gasteiger partial charge on any atom is -0.495 e. The van der Waals surface area contributed by atoms with Gasteiger partial charge in [0, 0.05) is 53.4 Å². The molecule has 59 heavy (non-hydrogen) atoms. The molecule has 3 heterocycles. The highest BCUT2D eigenvalue weighted by molar-refractivity contribution is 8.01. The number of amides is 5. The summed E-state index contributed by atoms with van der Waals surface area (Å²) < 4.78 is 19.2. The summed E-state index contributed by atoms with van der Waals surface area (Å²) in [6.45, 7) is 6.51. The SMILES string of the molecule is C=S(=O)(c1ccccc1Nc1nc(Nc2cc(C)c(CCN(C)C(=O)CCCNc3cccc4c3C(=O)N(C3CCC(=O)NC3=O)C4=O)cc2OC)ncc1Cl)C(C)C. The van der Waals surface area contributed by atoms with Crippen molar-refractivity contribution in [2.45, 2.75) is 69.1 Å². The summed E-state index contributed by atoms with van der Waals surface area (Å²) in [5.41, 5.74) is 3.94. The summed E-state index contributed by atoms with van der Waals surface area (Å²) in [6, 6.07) is 14.9. The van der Waals surface area contributed by atoms with Gasteiger partial charge in [-0.15, -0.1) is 0 Å². The summed E-state index contributed by atoms with van der Waals surface area (Å²) in [7, 11) is 0.710. The largest absolute Gasteiger partial charge is 0.495 e. The van der Waals surface area contributed by atoms with E-state index in [1.165, 1.54) is 12.3 Å². The molecular weight excluding hydrogens is 796 g/mol. The zero-order valence-electron chi connectivity index (χ0n) is 33.5. The van der Waals surface area contributed by atoms with E-state index in [1.807, 2.05) is 45.0 Å². The van der Waals surface area contributed by atoms with Crippen molar-refractivity contribution in [2.24, 2.45) is 0 Å². The summed E-state index contributed by atoms with van der Waals surface area (Å²) in [6.07, 6.45) is 2.85. The second-order valence-corrected chi connectivity index (χ2v) is 17.9. The van der Waals surface area contributed by atoms with E-state index in [-0.39, 0.29) is 52.5 Å². The van der Waals surface area contributed by atoms with Crippen molar-refractivity contribution in [3.63, 3.8) is 0 Å². The lowest BCUT2D eigenvalue weighted by atomic mass is 10.0. The molecule has 0 aliphatic carbocycles. The van der Waals surface area contributed by atoms with Crippen LogP contribution in [-0.2, 0) is 30.3 Å². The predicted octanol–water partition coefficient (Wildman–Crippen LogP) is 5.71. The number of halogens is 1. The average molecular weight is 843 g/mol. The van der Waals surface area contributed by atoms with Crippen molar-refractivity contribution >= 4 is 85.4 Å². The van der Waals surface area contributed by atoms with Gasteiger partial charge in [-0.3, -0.25) is 38.4 Å². The topological polar surface area (TPSA) is 192 Å². The number of aromatic nitrogens is 2. The Hall–Kier alpha value is -6.00. The Bertz CT molecular complexity index is 2440. The molecule has 1 fully saturated rings. The molecule has 2 aliphatic rings. The van der Waals surface area contributed by atoms with Crippen LogP contribution in [0.15, 0.2) is 65.7 Å². The predicted molar refractivity (Wildman–Crippen MR) is 229 cm³/mol. The molecule has 310 valence electrons. The minimum atomic E-state index is -2.60. The summed E-state index contributed by atoms with van der Waals surface area (Å²) in [5.74, 6) is 2.78. The maximum atomic E-state index is 13.4. The van der Waals surface area contributed by atoms with Gasteiger partial charge < -0.3 is 25.6 Å². The number of hydrogen-bond acceptors (Lipinski definition) is 12.